The van der Waals surface area contributed by atoms with Crippen LogP contribution in [0.1, 0.15) is 17.2 Å². The Labute approximate surface area is 241 Å². The van der Waals surface area contributed by atoms with Crippen molar-refractivity contribution in [2.75, 3.05) is 0 Å². The summed E-state index contributed by atoms with van der Waals surface area (Å²) in [4.78, 5) is 13.8. The van der Waals surface area contributed by atoms with Gasteiger partial charge < -0.3 is 9.13 Å². The summed E-state index contributed by atoms with van der Waals surface area (Å²) in [7, 11) is 0. The van der Waals surface area contributed by atoms with Crippen LogP contribution in [0.25, 0.3) is 66.4 Å². The molecule has 5 aromatic carbocycles. The van der Waals surface area contributed by atoms with Crippen molar-refractivity contribution in [1.29, 1.82) is 5.26 Å². The number of aromatic nitrogens is 5. The van der Waals surface area contributed by atoms with Gasteiger partial charge in [0.05, 0.1) is 39.4 Å². The predicted molar refractivity (Wildman–Crippen MR) is 168 cm³/mol. The summed E-state index contributed by atoms with van der Waals surface area (Å²) in [5, 5.41) is 14.5. The van der Waals surface area contributed by atoms with E-state index in [1.54, 1.807) is 0 Å². The molecule has 0 aliphatic heterocycles. The SMILES string of the molecule is Cc1nc(C)nc(-c2cc(C#N)ccc2-n2c3ccccc3c3ccc(-n4c5ccccc5c5ccccc54)cc32)n1. The molecular weight excluding hydrogens is 516 g/mol. The molecule has 3 heterocycles. The molecule has 0 amide bonds. The molecule has 0 radical (unpaired) electrons. The fourth-order valence-corrected chi connectivity index (χ4v) is 6.27. The van der Waals surface area contributed by atoms with Gasteiger partial charge in [-0.25, -0.2) is 15.0 Å². The largest absolute Gasteiger partial charge is 0.309 e. The van der Waals surface area contributed by atoms with Gasteiger partial charge in [-0.2, -0.15) is 5.26 Å². The molecule has 198 valence electrons. The van der Waals surface area contributed by atoms with Crippen molar-refractivity contribution in [3.63, 3.8) is 0 Å². The summed E-state index contributed by atoms with van der Waals surface area (Å²) in [5.41, 5.74) is 7.77. The fourth-order valence-electron chi connectivity index (χ4n) is 6.27. The third-order valence-electron chi connectivity index (χ3n) is 7.96. The number of benzene rings is 5. The van der Waals surface area contributed by atoms with Gasteiger partial charge in [-0.15, -0.1) is 0 Å². The first-order chi connectivity index (χ1) is 20.6. The first-order valence-electron chi connectivity index (χ1n) is 13.9. The van der Waals surface area contributed by atoms with E-state index < -0.39 is 0 Å². The van der Waals surface area contributed by atoms with Crippen LogP contribution in [0.3, 0.4) is 0 Å². The number of fused-ring (bicyclic) bond motifs is 6. The highest BCUT2D eigenvalue weighted by Crippen LogP contribution is 2.38. The second-order valence-corrected chi connectivity index (χ2v) is 10.5. The van der Waals surface area contributed by atoms with Crippen molar-refractivity contribution in [3.8, 4) is 28.8 Å². The maximum atomic E-state index is 9.79. The lowest BCUT2D eigenvalue weighted by Gasteiger charge is -2.15. The van der Waals surface area contributed by atoms with Crippen LogP contribution in [0.15, 0.2) is 109 Å². The lowest BCUT2D eigenvalue weighted by molar-refractivity contribution is 0.926. The molecule has 0 saturated carbocycles. The van der Waals surface area contributed by atoms with E-state index in [0.29, 0.717) is 23.0 Å². The molecule has 8 aromatic rings. The quantitative estimate of drug-likeness (QED) is 0.226. The first kappa shape index (κ1) is 24.0. The fraction of sp³-hybridized carbons (Fsp3) is 0.0556. The predicted octanol–water partition coefficient (Wildman–Crippen LogP) is 8.22. The van der Waals surface area contributed by atoms with E-state index in [4.69, 9.17) is 0 Å². The van der Waals surface area contributed by atoms with E-state index in [2.05, 4.69) is 121 Å². The summed E-state index contributed by atoms with van der Waals surface area (Å²) in [6.45, 7) is 3.73. The van der Waals surface area contributed by atoms with Crippen LogP contribution in [0.5, 0.6) is 0 Å². The molecule has 0 aliphatic carbocycles. The summed E-state index contributed by atoms with van der Waals surface area (Å²) in [6, 6.07) is 40.3. The number of rotatable bonds is 3. The van der Waals surface area contributed by atoms with E-state index in [1.165, 1.54) is 10.8 Å². The Morgan fingerprint density at radius 2 is 1.10 bits per heavy atom. The zero-order valence-corrected chi connectivity index (χ0v) is 23.1. The Bertz CT molecular complexity index is 2330. The highest BCUT2D eigenvalue weighted by Gasteiger charge is 2.20. The second-order valence-electron chi connectivity index (χ2n) is 10.5. The Morgan fingerprint density at radius 3 is 1.69 bits per heavy atom. The Balaban J connectivity index is 1.48. The van der Waals surface area contributed by atoms with Crippen LogP contribution in [0.4, 0.5) is 0 Å². The van der Waals surface area contributed by atoms with Gasteiger partial charge in [0.15, 0.2) is 5.82 Å². The molecule has 6 heteroatoms. The zero-order chi connectivity index (χ0) is 28.4. The van der Waals surface area contributed by atoms with Crippen LogP contribution in [0, 0.1) is 25.2 Å². The standard InChI is InChI=1S/C36H24N6/c1-22-38-23(2)40-36(39-22)30-19-24(21-37)15-18-34(30)42-33-14-8-5-11-28(33)29-17-16-25(20-35(29)42)41-31-12-6-3-9-26(31)27-10-4-7-13-32(27)41/h3-20H,1-2H3. The number of para-hydroxylation sites is 3. The maximum absolute atomic E-state index is 9.79. The zero-order valence-electron chi connectivity index (χ0n) is 23.1. The van der Waals surface area contributed by atoms with Gasteiger partial charge in [0.2, 0.25) is 0 Å². The van der Waals surface area contributed by atoms with Crippen LogP contribution in [-0.2, 0) is 0 Å². The molecule has 42 heavy (non-hydrogen) atoms. The lowest BCUT2D eigenvalue weighted by Crippen LogP contribution is -2.04. The van der Waals surface area contributed by atoms with Gasteiger partial charge >= 0.3 is 0 Å². The Hall–Kier alpha value is -5.80. The smallest absolute Gasteiger partial charge is 0.165 e. The molecule has 0 atom stereocenters. The molecular formula is C36H24N6. The highest BCUT2D eigenvalue weighted by molar-refractivity contribution is 6.12. The molecule has 0 unspecified atom stereocenters. The van der Waals surface area contributed by atoms with Crippen LogP contribution < -0.4 is 0 Å². The summed E-state index contributed by atoms with van der Waals surface area (Å²) < 4.78 is 4.61. The molecule has 0 spiro atoms. The molecule has 8 rings (SSSR count). The average molecular weight is 541 g/mol. The van der Waals surface area contributed by atoms with E-state index in [-0.39, 0.29) is 0 Å². The minimum Gasteiger partial charge on any atom is -0.309 e. The summed E-state index contributed by atoms with van der Waals surface area (Å²) in [6.07, 6.45) is 0. The maximum Gasteiger partial charge on any atom is 0.165 e. The van der Waals surface area contributed by atoms with Crippen LogP contribution in [-0.4, -0.2) is 24.1 Å². The van der Waals surface area contributed by atoms with E-state index >= 15 is 0 Å². The van der Waals surface area contributed by atoms with Crippen LogP contribution in [0.2, 0.25) is 0 Å². The van der Waals surface area contributed by atoms with Gasteiger partial charge in [-0.3, -0.25) is 0 Å². The topological polar surface area (TPSA) is 72.3 Å². The molecule has 0 bridgehead atoms. The molecule has 0 fully saturated rings. The van der Waals surface area contributed by atoms with Gasteiger partial charge in [-0.1, -0.05) is 60.7 Å². The summed E-state index contributed by atoms with van der Waals surface area (Å²) >= 11 is 0. The molecule has 0 saturated heterocycles. The van der Waals surface area contributed by atoms with Crippen molar-refractivity contribution >= 4 is 43.6 Å². The molecule has 0 aliphatic rings. The van der Waals surface area contributed by atoms with Crippen LogP contribution >= 0.6 is 0 Å². The number of nitrogens with zero attached hydrogens (tertiary/aromatic N) is 6. The minimum absolute atomic E-state index is 0.552. The van der Waals surface area contributed by atoms with E-state index in [0.717, 1.165) is 49.8 Å². The van der Waals surface area contributed by atoms with Gasteiger partial charge in [0, 0.05) is 32.8 Å². The number of hydrogen-bond donors (Lipinski definition) is 0. The lowest BCUT2D eigenvalue weighted by atomic mass is 10.1. The summed E-state index contributed by atoms with van der Waals surface area (Å²) in [5.74, 6) is 1.83. The molecule has 3 aromatic heterocycles. The van der Waals surface area contributed by atoms with Crippen molar-refractivity contribution in [3.05, 3.63) is 126 Å². The number of hydrogen-bond acceptors (Lipinski definition) is 4. The number of nitriles is 1. The average Bonchev–Trinajstić information content (AvgIpc) is 3.53. The monoisotopic (exact) mass is 540 g/mol. The first-order valence-corrected chi connectivity index (χ1v) is 13.9. The third kappa shape index (κ3) is 3.54. The molecule has 6 nitrogen and oxygen atoms in total. The van der Waals surface area contributed by atoms with E-state index in [9.17, 15) is 5.26 Å². The van der Waals surface area contributed by atoms with Gasteiger partial charge in [-0.05, 0) is 62.4 Å². The molecule has 0 N–H and O–H groups in total. The van der Waals surface area contributed by atoms with Crippen molar-refractivity contribution < 1.29 is 0 Å². The second kappa shape index (κ2) is 9.12. The Morgan fingerprint density at radius 1 is 0.548 bits per heavy atom. The van der Waals surface area contributed by atoms with E-state index in [1.807, 2.05) is 32.0 Å². The van der Waals surface area contributed by atoms with Gasteiger partial charge in [0.25, 0.3) is 0 Å². The van der Waals surface area contributed by atoms with Crippen molar-refractivity contribution in [2.24, 2.45) is 0 Å². The minimum atomic E-state index is 0.552. The van der Waals surface area contributed by atoms with Crippen molar-refractivity contribution in [2.45, 2.75) is 13.8 Å². The van der Waals surface area contributed by atoms with Crippen molar-refractivity contribution in [1.82, 2.24) is 24.1 Å². The van der Waals surface area contributed by atoms with Gasteiger partial charge in [0.1, 0.15) is 11.6 Å². The number of aryl methyl sites for hydroxylation is 2. The normalized spacial score (nSPS) is 11.5. The Kier molecular flexibility index (Phi) is 5.22. The third-order valence-corrected chi connectivity index (χ3v) is 7.96. The highest BCUT2D eigenvalue weighted by atomic mass is 15.0.